The van der Waals surface area contributed by atoms with Gasteiger partial charge in [0.25, 0.3) is 0 Å². The lowest BCUT2D eigenvalue weighted by Gasteiger charge is -2.08. The van der Waals surface area contributed by atoms with Crippen LogP contribution >= 0.6 is 0 Å². The molecule has 0 atom stereocenters. The number of sulfone groups is 1. The van der Waals surface area contributed by atoms with Gasteiger partial charge < -0.3 is 9.52 Å². The molecule has 0 aromatic carbocycles. The van der Waals surface area contributed by atoms with E-state index < -0.39 is 27.3 Å². The van der Waals surface area contributed by atoms with Crippen molar-refractivity contribution in [2.75, 3.05) is 0 Å². The molecule has 0 aliphatic rings. The molecule has 1 N–H and O–H groups in total. The highest BCUT2D eigenvalue weighted by molar-refractivity contribution is 7.90. The number of hydrogen-bond donors (Lipinski definition) is 1. The van der Waals surface area contributed by atoms with Crippen molar-refractivity contribution >= 4 is 15.8 Å². The quantitative estimate of drug-likeness (QED) is 0.851. The molecule has 0 fully saturated rings. The summed E-state index contributed by atoms with van der Waals surface area (Å²) in [6.45, 7) is 4.50. The molecule has 0 radical (unpaired) electrons. The molecule has 8 nitrogen and oxygen atoms in total. The Balaban J connectivity index is 2.25. The van der Waals surface area contributed by atoms with E-state index in [1.165, 1.54) is 11.0 Å². The standard InChI is InChI=1S/C12H15N3O5S/c1-8(2)5-15-10(13-7-14-15)6-21(18,19)11-4-3-9(20-11)12(16)17/h3-4,7-8H,5-6H2,1-2H3,(H,16,17). The van der Waals surface area contributed by atoms with Gasteiger partial charge in [-0.2, -0.15) is 5.10 Å². The van der Waals surface area contributed by atoms with Crippen molar-refractivity contribution < 1.29 is 22.7 Å². The first-order valence-corrected chi connectivity index (χ1v) is 7.87. The molecule has 0 spiro atoms. The summed E-state index contributed by atoms with van der Waals surface area (Å²) >= 11 is 0. The third-order valence-corrected chi connectivity index (χ3v) is 4.12. The van der Waals surface area contributed by atoms with Gasteiger partial charge in [0.1, 0.15) is 17.9 Å². The normalized spacial score (nSPS) is 12.0. The van der Waals surface area contributed by atoms with E-state index in [9.17, 15) is 13.2 Å². The monoisotopic (exact) mass is 313 g/mol. The summed E-state index contributed by atoms with van der Waals surface area (Å²) in [5, 5.41) is 12.3. The maximum Gasteiger partial charge on any atom is 0.371 e. The number of carbonyl (C=O) groups is 1. The predicted octanol–water partition coefficient (Wildman–Crippen LogP) is 1.20. The van der Waals surface area contributed by atoms with Gasteiger partial charge in [0, 0.05) is 6.54 Å². The number of aromatic carboxylic acids is 1. The zero-order valence-electron chi connectivity index (χ0n) is 11.6. The van der Waals surface area contributed by atoms with Gasteiger partial charge in [0.2, 0.25) is 20.7 Å². The molecule has 2 rings (SSSR count). The van der Waals surface area contributed by atoms with Crippen LogP contribution in [0, 0.1) is 5.92 Å². The molecule has 0 bridgehead atoms. The van der Waals surface area contributed by atoms with Gasteiger partial charge in [-0.15, -0.1) is 0 Å². The lowest BCUT2D eigenvalue weighted by Crippen LogP contribution is -2.14. The summed E-state index contributed by atoms with van der Waals surface area (Å²) in [6.07, 6.45) is 1.29. The van der Waals surface area contributed by atoms with E-state index in [0.29, 0.717) is 6.54 Å². The summed E-state index contributed by atoms with van der Waals surface area (Å²) in [5.74, 6) is -1.56. The fourth-order valence-electron chi connectivity index (χ4n) is 1.74. The highest BCUT2D eigenvalue weighted by atomic mass is 32.2. The van der Waals surface area contributed by atoms with Gasteiger partial charge in [-0.1, -0.05) is 13.8 Å². The van der Waals surface area contributed by atoms with Gasteiger partial charge in [0.05, 0.1) is 0 Å². The Hall–Kier alpha value is -2.16. The van der Waals surface area contributed by atoms with E-state index in [2.05, 4.69) is 10.1 Å². The lowest BCUT2D eigenvalue weighted by atomic mass is 10.2. The molecule has 0 saturated carbocycles. The molecule has 0 aliphatic carbocycles. The van der Waals surface area contributed by atoms with Crippen molar-refractivity contribution in [1.82, 2.24) is 14.8 Å². The topological polar surface area (TPSA) is 115 Å². The minimum absolute atomic E-state index is 0.287. The zero-order chi connectivity index (χ0) is 15.6. The fourth-order valence-corrected chi connectivity index (χ4v) is 2.94. The molecule has 21 heavy (non-hydrogen) atoms. The van der Waals surface area contributed by atoms with E-state index >= 15 is 0 Å². The number of hydrogen-bond acceptors (Lipinski definition) is 6. The van der Waals surface area contributed by atoms with Gasteiger partial charge in [-0.3, -0.25) is 0 Å². The van der Waals surface area contributed by atoms with Crippen molar-refractivity contribution in [3.8, 4) is 0 Å². The molecular formula is C12H15N3O5S. The molecule has 0 saturated heterocycles. The Morgan fingerprint density at radius 1 is 1.43 bits per heavy atom. The number of aromatic nitrogens is 3. The average molecular weight is 313 g/mol. The smallest absolute Gasteiger partial charge is 0.371 e. The molecule has 0 unspecified atom stereocenters. The Morgan fingerprint density at radius 3 is 2.71 bits per heavy atom. The van der Waals surface area contributed by atoms with Crippen LogP contribution in [-0.2, 0) is 22.1 Å². The third kappa shape index (κ3) is 3.48. The largest absolute Gasteiger partial charge is 0.475 e. The molecule has 114 valence electrons. The van der Waals surface area contributed by atoms with Crippen LogP contribution in [0.25, 0.3) is 0 Å². The number of rotatable bonds is 6. The van der Waals surface area contributed by atoms with Crippen molar-refractivity contribution in [2.24, 2.45) is 5.92 Å². The summed E-state index contributed by atoms with van der Waals surface area (Å²) in [7, 11) is -3.81. The Labute approximate surface area is 121 Å². The summed E-state index contributed by atoms with van der Waals surface area (Å²) < 4.78 is 30.8. The van der Waals surface area contributed by atoms with Crippen molar-refractivity contribution in [2.45, 2.75) is 31.2 Å². The van der Waals surface area contributed by atoms with Crippen molar-refractivity contribution in [1.29, 1.82) is 0 Å². The second-order valence-electron chi connectivity index (χ2n) is 4.94. The predicted molar refractivity (Wildman–Crippen MR) is 71.4 cm³/mol. The zero-order valence-corrected chi connectivity index (χ0v) is 12.4. The minimum atomic E-state index is -3.81. The van der Waals surface area contributed by atoms with E-state index in [-0.39, 0.29) is 16.8 Å². The Kier molecular flexibility index (Phi) is 4.12. The van der Waals surface area contributed by atoms with Crippen LogP contribution in [-0.4, -0.2) is 34.3 Å². The van der Waals surface area contributed by atoms with Crippen LogP contribution in [0.1, 0.15) is 30.2 Å². The molecule has 9 heteroatoms. The Morgan fingerprint density at radius 2 is 2.14 bits per heavy atom. The third-order valence-electron chi connectivity index (χ3n) is 2.65. The van der Waals surface area contributed by atoms with Crippen LogP contribution in [0.5, 0.6) is 0 Å². The van der Waals surface area contributed by atoms with Crippen LogP contribution in [0.3, 0.4) is 0 Å². The van der Waals surface area contributed by atoms with E-state index in [1.807, 2.05) is 13.8 Å². The van der Waals surface area contributed by atoms with E-state index in [0.717, 1.165) is 12.1 Å². The van der Waals surface area contributed by atoms with Crippen molar-refractivity contribution in [3.05, 3.63) is 30.0 Å². The van der Waals surface area contributed by atoms with Crippen molar-refractivity contribution in [3.63, 3.8) is 0 Å². The van der Waals surface area contributed by atoms with Gasteiger partial charge >= 0.3 is 5.97 Å². The first-order chi connectivity index (χ1) is 9.79. The van der Waals surface area contributed by atoms with Crippen LogP contribution in [0.15, 0.2) is 28.0 Å². The van der Waals surface area contributed by atoms with Crippen LogP contribution in [0.2, 0.25) is 0 Å². The second kappa shape index (κ2) is 5.68. The second-order valence-corrected chi connectivity index (χ2v) is 6.86. The molecule has 2 aromatic rings. The first kappa shape index (κ1) is 15.2. The first-order valence-electron chi connectivity index (χ1n) is 6.22. The van der Waals surface area contributed by atoms with Crippen LogP contribution in [0.4, 0.5) is 0 Å². The van der Waals surface area contributed by atoms with Gasteiger partial charge in [-0.25, -0.2) is 22.9 Å². The number of furan rings is 1. The lowest BCUT2D eigenvalue weighted by molar-refractivity contribution is 0.0656. The molecule has 2 aromatic heterocycles. The molecule has 2 heterocycles. The summed E-state index contributed by atoms with van der Waals surface area (Å²) in [4.78, 5) is 14.7. The molecule has 0 aliphatic heterocycles. The highest BCUT2D eigenvalue weighted by Crippen LogP contribution is 2.18. The average Bonchev–Trinajstić information content (AvgIpc) is 2.98. The van der Waals surface area contributed by atoms with E-state index in [4.69, 9.17) is 9.52 Å². The Bertz CT molecular complexity index is 745. The maximum atomic E-state index is 12.2. The van der Waals surface area contributed by atoms with Gasteiger partial charge in [0.15, 0.2) is 0 Å². The molecule has 0 amide bonds. The number of carboxylic acids is 1. The number of carboxylic acid groups (broad SMARTS) is 1. The summed E-state index contributed by atoms with van der Waals surface area (Å²) in [5.41, 5.74) is 0. The van der Waals surface area contributed by atoms with Crippen LogP contribution < -0.4 is 0 Å². The minimum Gasteiger partial charge on any atom is -0.475 e. The molecular weight excluding hydrogens is 298 g/mol. The fraction of sp³-hybridized carbons (Fsp3) is 0.417. The van der Waals surface area contributed by atoms with E-state index in [1.54, 1.807) is 0 Å². The maximum absolute atomic E-state index is 12.2. The van der Waals surface area contributed by atoms with Gasteiger partial charge in [-0.05, 0) is 18.1 Å². The number of nitrogens with zero attached hydrogens (tertiary/aromatic N) is 3. The summed E-state index contributed by atoms with van der Waals surface area (Å²) in [6, 6.07) is 2.23. The highest BCUT2D eigenvalue weighted by Gasteiger charge is 2.24. The SMILES string of the molecule is CC(C)Cn1ncnc1CS(=O)(=O)c1ccc(C(=O)O)o1.